The van der Waals surface area contributed by atoms with Crippen LogP contribution in [0.1, 0.15) is 50.7 Å². The summed E-state index contributed by atoms with van der Waals surface area (Å²) in [5.41, 5.74) is 10.7. The Hall–Kier alpha value is -1.55. The minimum absolute atomic E-state index is 0.297. The predicted molar refractivity (Wildman–Crippen MR) is 96.4 cm³/mol. The summed E-state index contributed by atoms with van der Waals surface area (Å²) in [6.07, 6.45) is 0. The molecule has 0 spiro atoms. The van der Waals surface area contributed by atoms with Gasteiger partial charge in [0.1, 0.15) is 5.82 Å². The Labute approximate surface area is 140 Å². The van der Waals surface area contributed by atoms with E-state index >= 15 is 0 Å². The fourth-order valence-electron chi connectivity index (χ4n) is 2.51. The van der Waals surface area contributed by atoms with Crippen molar-refractivity contribution < 1.29 is 4.39 Å². The molecule has 2 aromatic carbocycles. The number of nitrogens with two attached hydrogens (primary N) is 1. The van der Waals surface area contributed by atoms with Crippen LogP contribution in [0.5, 0.6) is 0 Å². The zero-order valence-corrected chi connectivity index (χ0v) is 15.0. The highest BCUT2D eigenvalue weighted by Crippen LogP contribution is 2.38. The van der Waals surface area contributed by atoms with Crippen molar-refractivity contribution in [3.05, 3.63) is 51.7 Å². The molecule has 0 aliphatic carbocycles. The second kappa shape index (κ2) is 6.69. The second-order valence-corrected chi connectivity index (χ2v) is 6.86. The summed E-state index contributed by atoms with van der Waals surface area (Å²) in [5, 5.41) is 3.42. The third kappa shape index (κ3) is 3.27. The number of para-hydroxylation sites is 1. The van der Waals surface area contributed by atoms with Crippen LogP contribution in [0.15, 0.2) is 34.8 Å². The van der Waals surface area contributed by atoms with Crippen LogP contribution in [-0.2, 0) is 0 Å². The monoisotopic (exact) mass is 364 g/mol. The number of nitrogens with one attached hydrogen (secondary N) is 1. The summed E-state index contributed by atoms with van der Waals surface area (Å²) in [6.45, 7) is 8.65. The lowest BCUT2D eigenvalue weighted by Crippen LogP contribution is -2.06. The van der Waals surface area contributed by atoms with Crippen molar-refractivity contribution in [2.75, 3.05) is 11.1 Å². The Kier molecular flexibility index (Phi) is 5.12. The van der Waals surface area contributed by atoms with Gasteiger partial charge in [0, 0.05) is 5.69 Å². The van der Waals surface area contributed by atoms with Crippen LogP contribution < -0.4 is 11.1 Å². The first-order valence-electron chi connectivity index (χ1n) is 7.46. The molecule has 4 heteroatoms. The van der Waals surface area contributed by atoms with Gasteiger partial charge in [-0.25, -0.2) is 4.39 Å². The number of rotatable bonds is 4. The molecule has 0 aliphatic heterocycles. The minimum atomic E-state index is -0.357. The molecule has 3 N–H and O–H groups in total. The van der Waals surface area contributed by atoms with Gasteiger partial charge in [-0.15, -0.1) is 0 Å². The number of hydrogen-bond donors (Lipinski definition) is 2. The maximum Gasteiger partial charge on any atom is 0.139 e. The van der Waals surface area contributed by atoms with Crippen LogP contribution in [-0.4, -0.2) is 0 Å². The van der Waals surface area contributed by atoms with Gasteiger partial charge in [0.25, 0.3) is 0 Å². The maximum absolute atomic E-state index is 13.6. The van der Waals surface area contributed by atoms with E-state index in [1.54, 1.807) is 6.07 Å². The predicted octanol–water partition coefficient (Wildman–Crippen LogP) is 6.16. The van der Waals surface area contributed by atoms with Gasteiger partial charge < -0.3 is 11.1 Å². The summed E-state index contributed by atoms with van der Waals surface area (Å²) in [4.78, 5) is 0. The minimum Gasteiger partial charge on any atom is -0.396 e. The van der Waals surface area contributed by atoms with E-state index in [0.717, 1.165) is 5.69 Å². The van der Waals surface area contributed by atoms with Crippen LogP contribution in [0.2, 0.25) is 0 Å². The van der Waals surface area contributed by atoms with E-state index in [2.05, 4.69) is 67.1 Å². The molecular weight excluding hydrogens is 343 g/mol. The van der Waals surface area contributed by atoms with Gasteiger partial charge in [0.2, 0.25) is 0 Å². The van der Waals surface area contributed by atoms with Gasteiger partial charge in [-0.05, 0) is 51.0 Å². The van der Waals surface area contributed by atoms with Gasteiger partial charge in [-0.1, -0.05) is 45.9 Å². The third-order valence-electron chi connectivity index (χ3n) is 3.77. The number of nitrogen functional groups attached to an aromatic ring is 1. The largest absolute Gasteiger partial charge is 0.396 e. The molecule has 118 valence electrons. The van der Waals surface area contributed by atoms with Crippen molar-refractivity contribution in [1.82, 2.24) is 0 Å². The zero-order chi connectivity index (χ0) is 16.4. The quantitative estimate of drug-likeness (QED) is 0.637. The fraction of sp³-hybridized carbons (Fsp3) is 0.333. The zero-order valence-electron chi connectivity index (χ0n) is 13.4. The van der Waals surface area contributed by atoms with Crippen LogP contribution in [0.4, 0.5) is 21.5 Å². The standard InChI is InChI=1S/C18H22BrFN2/c1-10(2)12-6-5-7-13(11(3)4)18(12)22-15-9-8-14(20)16(19)17(15)21/h5-11,22H,21H2,1-4H3. The van der Waals surface area contributed by atoms with Gasteiger partial charge in [0.05, 0.1) is 15.8 Å². The highest BCUT2D eigenvalue weighted by Gasteiger charge is 2.16. The second-order valence-electron chi connectivity index (χ2n) is 6.07. The molecule has 2 aromatic rings. The molecule has 0 saturated carbocycles. The van der Waals surface area contributed by atoms with E-state index in [-0.39, 0.29) is 5.82 Å². The Bertz CT molecular complexity index is 655. The Morgan fingerprint density at radius 2 is 1.55 bits per heavy atom. The van der Waals surface area contributed by atoms with E-state index in [0.29, 0.717) is 27.7 Å². The summed E-state index contributed by atoms with van der Waals surface area (Å²) in [7, 11) is 0. The molecule has 0 heterocycles. The van der Waals surface area contributed by atoms with Crippen molar-refractivity contribution >= 4 is 33.0 Å². The van der Waals surface area contributed by atoms with E-state index in [4.69, 9.17) is 5.73 Å². The van der Waals surface area contributed by atoms with Crippen LogP contribution in [0.3, 0.4) is 0 Å². The lowest BCUT2D eigenvalue weighted by atomic mass is 9.92. The summed E-state index contributed by atoms with van der Waals surface area (Å²) in [5.74, 6) is 0.405. The third-order valence-corrected chi connectivity index (χ3v) is 4.57. The van der Waals surface area contributed by atoms with Gasteiger partial charge >= 0.3 is 0 Å². The SMILES string of the molecule is CC(C)c1cccc(C(C)C)c1Nc1ccc(F)c(Br)c1N. The molecule has 0 atom stereocenters. The highest BCUT2D eigenvalue weighted by atomic mass is 79.9. The van der Waals surface area contributed by atoms with E-state index in [1.807, 2.05) is 0 Å². The average molecular weight is 365 g/mol. The molecule has 0 fully saturated rings. The summed E-state index contributed by atoms with van der Waals surface area (Å²) in [6, 6.07) is 9.41. The van der Waals surface area contributed by atoms with Gasteiger partial charge in [-0.3, -0.25) is 0 Å². The lowest BCUT2D eigenvalue weighted by molar-refractivity contribution is 0.622. The van der Waals surface area contributed by atoms with Crippen molar-refractivity contribution in [2.24, 2.45) is 0 Å². The molecular formula is C18H22BrFN2. The molecule has 0 bridgehead atoms. The van der Waals surface area contributed by atoms with Crippen LogP contribution >= 0.6 is 15.9 Å². The number of halogens is 2. The lowest BCUT2D eigenvalue weighted by Gasteiger charge is -2.22. The Balaban J connectivity index is 2.55. The highest BCUT2D eigenvalue weighted by molar-refractivity contribution is 9.10. The van der Waals surface area contributed by atoms with E-state index in [1.165, 1.54) is 17.2 Å². The first-order valence-corrected chi connectivity index (χ1v) is 8.25. The first kappa shape index (κ1) is 16.8. The van der Waals surface area contributed by atoms with Crippen LogP contribution in [0.25, 0.3) is 0 Å². The summed E-state index contributed by atoms with van der Waals surface area (Å²) < 4.78 is 13.9. The molecule has 2 nitrogen and oxygen atoms in total. The smallest absolute Gasteiger partial charge is 0.139 e. The van der Waals surface area contributed by atoms with Crippen molar-refractivity contribution in [3.63, 3.8) is 0 Å². The fourth-order valence-corrected chi connectivity index (χ4v) is 2.85. The number of anilines is 3. The molecule has 22 heavy (non-hydrogen) atoms. The molecule has 0 saturated heterocycles. The first-order chi connectivity index (χ1) is 10.3. The molecule has 0 radical (unpaired) electrons. The normalized spacial score (nSPS) is 11.3. The topological polar surface area (TPSA) is 38.0 Å². The maximum atomic E-state index is 13.6. The van der Waals surface area contributed by atoms with Crippen LogP contribution in [0, 0.1) is 5.82 Å². The van der Waals surface area contributed by atoms with Gasteiger partial charge in [-0.2, -0.15) is 0 Å². The number of benzene rings is 2. The molecule has 2 rings (SSSR count). The number of hydrogen-bond acceptors (Lipinski definition) is 2. The average Bonchev–Trinajstić information content (AvgIpc) is 2.47. The van der Waals surface area contributed by atoms with Crippen molar-refractivity contribution in [2.45, 2.75) is 39.5 Å². The molecule has 0 aromatic heterocycles. The van der Waals surface area contributed by atoms with Gasteiger partial charge in [0.15, 0.2) is 0 Å². The summed E-state index contributed by atoms with van der Waals surface area (Å²) >= 11 is 3.20. The van der Waals surface area contributed by atoms with Crippen molar-refractivity contribution in [3.8, 4) is 0 Å². The van der Waals surface area contributed by atoms with E-state index in [9.17, 15) is 4.39 Å². The van der Waals surface area contributed by atoms with E-state index < -0.39 is 0 Å². The Morgan fingerprint density at radius 3 is 2.05 bits per heavy atom. The van der Waals surface area contributed by atoms with Crippen molar-refractivity contribution in [1.29, 1.82) is 0 Å². The molecule has 0 amide bonds. The Morgan fingerprint density at radius 1 is 1.00 bits per heavy atom. The molecule has 0 unspecified atom stereocenters. The molecule has 0 aliphatic rings.